The Labute approximate surface area is 278 Å². The maximum Gasteiger partial charge on any atom is 0.417 e. The number of nitrogens with zero attached hydrogens (tertiary/aromatic N) is 5. The van der Waals surface area contributed by atoms with Gasteiger partial charge in [-0.2, -0.15) is 18.2 Å². The smallest absolute Gasteiger partial charge is 0.375 e. The highest BCUT2D eigenvalue weighted by Gasteiger charge is 2.41. The first-order valence-corrected chi connectivity index (χ1v) is 17.9. The maximum atomic E-state index is 15.1. The molecule has 0 radical (unpaired) electrons. The molecule has 0 amide bonds. The van der Waals surface area contributed by atoms with Crippen LogP contribution in [-0.4, -0.2) is 61.7 Å². The van der Waals surface area contributed by atoms with Crippen molar-refractivity contribution in [1.29, 1.82) is 0 Å². The Hall–Kier alpha value is -2.21. The molecule has 3 fully saturated rings. The number of rotatable bonds is 5. The predicted octanol–water partition coefficient (Wildman–Crippen LogP) is 6.45. The van der Waals surface area contributed by atoms with E-state index in [0.717, 1.165) is 62.6 Å². The van der Waals surface area contributed by atoms with Crippen LogP contribution in [0.3, 0.4) is 0 Å². The highest BCUT2D eigenvalue weighted by Crippen LogP contribution is 2.52. The molecule has 3 saturated heterocycles. The summed E-state index contributed by atoms with van der Waals surface area (Å²) in [6, 6.07) is 3.87. The normalized spacial score (nSPS) is 25.2. The molecule has 2 bridgehead atoms. The molecule has 45 heavy (non-hydrogen) atoms. The van der Waals surface area contributed by atoms with E-state index >= 15 is 13.2 Å². The number of thioether (sulfide) groups is 1. The van der Waals surface area contributed by atoms with Crippen molar-refractivity contribution in [3.8, 4) is 11.1 Å². The molecule has 3 N–H and O–H groups in total. The SMILES string of the molecule is Nc1nc2c(-c3c(C(F)(F)F)cc4c(N5CC6CCC(C5)N6)nc(=O)n5c4c3SC[C@@H]5CC[C@H]3CCN(I)C3)ccc(F)c2s1. The highest BCUT2D eigenvalue weighted by molar-refractivity contribution is 14.1. The van der Waals surface area contributed by atoms with Gasteiger partial charge in [0.05, 0.1) is 21.3 Å². The minimum Gasteiger partial charge on any atom is -0.375 e. The van der Waals surface area contributed by atoms with Gasteiger partial charge in [-0.25, -0.2) is 17.3 Å². The number of anilines is 2. The molecule has 0 aliphatic carbocycles. The van der Waals surface area contributed by atoms with Crippen LogP contribution < -0.4 is 21.6 Å². The van der Waals surface area contributed by atoms with E-state index in [1.807, 2.05) is 4.90 Å². The lowest BCUT2D eigenvalue weighted by atomic mass is 9.94. The Balaban J connectivity index is 1.38. The molecule has 8 nitrogen and oxygen atoms in total. The number of nitrogens with one attached hydrogen (secondary N) is 1. The van der Waals surface area contributed by atoms with E-state index in [2.05, 4.69) is 41.3 Å². The molecule has 2 aromatic heterocycles. The van der Waals surface area contributed by atoms with Crippen molar-refractivity contribution in [1.82, 2.24) is 23.0 Å². The zero-order valence-corrected chi connectivity index (χ0v) is 27.8. The number of nitrogen functional groups attached to an aromatic ring is 1. The van der Waals surface area contributed by atoms with Gasteiger partial charge in [-0.05, 0) is 56.2 Å². The third-order valence-electron chi connectivity index (χ3n) is 9.68. The fourth-order valence-corrected chi connectivity index (χ4v) is 10.6. The van der Waals surface area contributed by atoms with Gasteiger partial charge in [0, 0.05) is 94.3 Å². The minimum atomic E-state index is -4.74. The van der Waals surface area contributed by atoms with Gasteiger partial charge >= 0.3 is 11.9 Å². The van der Waals surface area contributed by atoms with Crippen molar-refractivity contribution < 1.29 is 17.6 Å². The van der Waals surface area contributed by atoms with Crippen molar-refractivity contribution >= 4 is 78.0 Å². The summed E-state index contributed by atoms with van der Waals surface area (Å²) in [4.78, 5) is 25.2. The number of benzene rings is 2. The average molecular weight is 772 g/mol. The number of piperazine rings is 1. The Morgan fingerprint density at radius 2 is 1.87 bits per heavy atom. The number of halogens is 5. The number of nitrogens with two attached hydrogens (primary N) is 1. The van der Waals surface area contributed by atoms with E-state index in [1.165, 1.54) is 23.9 Å². The summed E-state index contributed by atoms with van der Waals surface area (Å²) < 4.78 is 64.2. The topological polar surface area (TPSA) is 92.3 Å². The van der Waals surface area contributed by atoms with E-state index in [9.17, 15) is 9.18 Å². The van der Waals surface area contributed by atoms with Crippen LogP contribution in [0.15, 0.2) is 27.9 Å². The molecular weight excluding hydrogens is 741 g/mol. The number of thiazole rings is 1. The molecule has 6 heterocycles. The molecular formula is C30H30F4IN7OS2. The third kappa shape index (κ3) is 5.20. The summed E-state index contributed by atoms with van der Waals surface area (Å²) in [5.74, 6) is 0.656. The molecule has 15 heteroatoms. The van der Waals surface area contributed by atoms with E-state index in [1.54, 1.807) is 4.57 Å². The zero-order chi connectivity index (χ0) is 31.2. The van der Waals surface area contributed by atoms with E-state index in [-0.39, 0.29) is 44.6 Å². The molecule has 2 unspecified atom stereocenters. The van der Waals surface area contributed by atoms with Gasteiger partial charge in [0.15, 0.2) is 5.13 Å². The highest BCUT2D eigenvalue weighted by atomic mass is 127. The van der Waals surface area contributed by atoms with E-state index in [0.29, 0.717) is 46.4 Å². The zero-order valence-electron chi connectivity index (χ0n) is 24.0. The van der Waals surface area contributed by atoms with Crippen molar-refractivity contribution in [3.63, 3.8) is 0 Å². The van der Waals surface area contributed by atoms with Gasteiger partial charge in [-0.1, -0.05) is 11.3 Å². The minimum absolute atomic E-state index is 0.0702. The van der Waals surface area contributed by atoms with Gasteiger partial charge in [0.2, 0.25) is 0 Å². The van der Waals surface area contributed by atoms with Crippen LogP contribution in [0.2, 0.25) is 0 Å². The summed E-state index contributed by atoms with van der Waals surface area (Å²) in [7, 11) is 0. The molecule has 2 aromatic carbocycles. The monoisotopic (exact) mass is 771 g/mol. The van der Waals surface area contributed by atoms with Crippen LogP contribution in [0, 0.1) is 11.7 Å². The lowest BCUT2D eigenvalue weighted by molar-refractivity contribution is -0.137. The van der Waals surface area contributed by atoms with Crippen LogP contribution >= 0.6 is 46.0 Å². The fraction of sp³-hybridized carbons (Fsp3) is 0.500. The summed E-state index contributed by atoms with van der Waals surface area (Å²) in [5, 5.41) is 3.95. The molecule has 8 rings (SSSR count). The van der Waals surface area contributed by atoms with Gasteiger partial charge in [-0.15, -0.1) is 11.8 Å². The lowest BCUT2D eigenvalue weighted by Crippen LogP contribution is -2.52. The largest absolute Gasteiger partial charge is 0.417 e. The summed E-state index contributed by atoms with van der Waals surface area (Å²) in [6.07, 6.45) is -0.0536. The number of hydrogen-bond acceptors (Lipinski definition) is 9. The van der Waals surface area contributed by atoms with Crippen LogP contribution in [0.1, 0.15) is 43.7 Å². The lowest BCUT2D eigenvalue weighted by Gasteiger charge is -2.36. The number of fused-ring (bicyclic) bond motifs is 3. The first-order chi connectivity index (χ1) is 21.5. The van der Waals surface area contributed by atoms with Crippen LogP contribution in [-0.2, 0) is 6.18 Å². The first kappa shape index (κ1) is 30.1. The maximum absolute atomic E-state index is 15.1. The van der Waals surface area contributed by atoms with Gasteiger partial charge in [-0.3, -0.25) is 4.57 Å². The quantitative estimate of drug-likeness (QED) is 0.136. The third-order valence-corrected chi connectivity index (χ3v) is 12.7. The molecule has 4 aliphatic heterocycles. The van der Waals surface area contributed by atoms with Crippen LogP contribution in [0.4, 0.5) is 28.5 Å². The first-order valence-electron chi connectivity index (χ1n) is 15.1. The molecule has 4 aromatic rings. The van der Waals surface area contributed by atoms with Crippen molar-refractivity contribution in [2.75, 3.05) is 42.6 Å². The predicted molar refractivity (Wildman–Crippen MR) is 179 cm³/mol. The molecule has 4 atom stereocenters. The molecule has 238 valence electrons. The van der Waals surface area contributed by atoms with Crippen molar-refractivity contribution in [2.24, 2.45) is 5.92 Å². The fourth-order valence-electron chi connectivity index (χ4n) is 7.65. The Morgan fingerprint density at radius 3 is 2.58 bits per heavy atom. The molecule has 0 saturated carbocycles. The second-order valence-electron chi connectivity index (χ2n) is 12.5. The average Bonchev–Trinajstić information content (AvgIpc) is 3.70. The van der Waals surface area contributed by atoms with E-state index in [4.69, 9.17) is 5.73 Å². The standard InChI is InChI=1S/C30H30F4IN7OS2/c31-21-6-5-18(23-25(21)45-28(36)38-23)22-20(30(32,33)34)9-19-24-26(22)44-13-17(4-1-14-7-8-41(35)10-14)42(24)29(43)39-27(19)40-11-15-2-3-16(12-40)37-15/h5-6,9,14-17,37H,1-4,7-8,10-13H2,(H2,36,38)/t14-,15?,16?,17-/m0/s1. The summed E-state index contributed by atoms with van der Waals surface area (Å²) in [6.45, 7) is 3.15. The Bertz CT molecular complexity index is 1890. The Morgan fingerprint density at radius 1 is 1.09 bits per heavy atom. The Kier molecular flexibility index (Phi) is 7.50. The second kappa shape index (κ2) is 11.2. The van der Waals surface area contributed by atoms with Gasteiger partial charge < -0.3 is 16.0 Å². The molecule has 4 aliphatic rings. The van der Waals surface area contributed by atoms with Gasteiger partial charge in [0.25, 0.3) is 0 Å². The summed E-state index contributed by atoms with van der Waals surface area (Å²) in [5.41, 5.74) is 5.27. The van der Waals surface area contributed by atoms with Gasteiger partial charge in [0.1, 0.15) is 11.6 Å². The summed E-state index contributed by atoms with van der Waals surface area (Å²) >= 11 is 4.59. The second-order valence-corrected chi connectivity index (χ2v) is 16.0. The van der Waals surface area contributed by atoms with Crippen molar-refractivity contribution in [2.45, 2.75) is 61.3 Å². The molecule has 0 spiro atoms. The van der Waals surface area contributed by atoms with Crippen molar-refractivity contribution in [3.05, 3.63) is 40.1 Å². The number of hydrogen-bond donors (Lipinski definition) is 2. The van der Waals surface area contributed by atoms with Crippen LogP contribution in [0.5, 0.6) is 0 Å². The van der Waals surface area contributed by atoms with E-state index < -0.39 is 23.2 Å². The van der Waals surface area contributed by atoms with Crippen LogP contribution in [0.25, 0.3) is 32.2 Å². The number of alkyl halides is 3. The number of aromatic nitrogens is 3.